The van der Waals surface area contributed by atoms with E-state index in [1.54, 1.807) is 30.3 Å². The Morgan fingerprint density at radius 1 is 0.969 bits per heavy atom. The number of rotatable bonds is 13. The molecule has 4 unspecified atom stereocenters. The van der Waals surface area contributed by atoms with Crippen LogP contribution in [0.4, 0.5) is 0 Å². The van der Waals surface area contributed by atoms with Crippen LogP contribution in [0, 0.1) is 0 Å². The monoisotopic (exact) mass is 452 g/mol. The highest BCUT2D eigenvalue weighted by Crippen LogP contribution is 2.05. The average molecular weight is 452 g/mol. The molecule has 0 heterocycles. The highest BCUT2D eigenvalue weighted by molar-refractivity contribution is 5.93. The molecule has 0 saturated heterocycles. The molecule has 1 aromatic rings. The van der Waals surface area contributed by atoms with Gasteiger partial charge in [-0.25, -0.2) is 4.79 Å². The maximum Gasteiger partial charge on any atom is 0.326 e. The average Bonchev–Trinajstić information content (AvgIpc) is 2.74. The summed E-state index contributed by atoms with van der Waals surface area (Å²) >= 11 is 0. The standard InChI is InChI=1S/C20H28N4O8/c1-11(25)17(21)19(30)24-14(9-12-5-3-2-4-6-12)18(29)22-10-15(26)23-13(20(31)32)7-8-16(27)28/h2-6,11,13-14,17,25H,7-10,21H2,1H3,(H,22,29)(H,23,26)(H,24,30)(H,27,28)(H,31,32). The summed E-state index contributed by atoms with van der Waals surface area (Å²) in [7, 11) is 0. The number of carbonyl (C=O) groups is 5. The number of benzene rings is 1. The van der Waals surface area contributed by atoms with Crippen molar-refractivity contribution in [1.82, 2.24) is 16.0 Å². The molecule has 0 fully saturated rings. The third kappa shape index (κ3) is 9.53. The van der Waals surface area contributed by atoms with Crippen molar-refractivity contribution in [3.05, 3.63) is 35.9 Å². The van der Waals surface area contributed by atoms with Gasteiger partial charge in [0.1, 0.15) is 18.1 Å². The fourth-order valence-electron chi connectivity index (χ4n) is 2.61. The number of nitrogens with one attached hydrogen (secondary N) is 3. The molecule has 1 aromatic carbocycles. The van der Waals surface area contributed by atoms with E-state index in [9.17, 15) is 29.1 Å². The first kappa shape index (κ1) is 26.5. The Morgan fingerprint density at radius 3 is 2.12 bits per heavy atom. The SMILES string of the molecule is CC(O)C(N)C(=O)NC(Cc1ccccc1)C(=O)NCC(=O)NC(CCC(=O)O)C(=O)O. The van der Waals surface area contributed by atoms with Crippen LogP contribution < -0.4 is 21.7 Å². The molecule has 4 atom stereocenters. The van der Waals surface area contributed by atoms with Gasteiger partial charge in [-0.2, -0.15) is 0 Å². The number of hydrogen-bond donors (Lipinski definition) is 7. The van der Waals surface area contributed by atoms with Crippen molar-refractivity contribution in [2.75, 3.05) is 6.54 Å². The number of nitrogens with two attached hydrogens (primary N) is 1. The first-order chi connectivity index (χ1) is 15.0. The Morgan fingerprint density at radius 2 is 1.59 bits per heavy atom. The van der Waals surface area contributed by atoms with Crippen molar-refractivity contribution in [2.45, 2.75) is 50.4 Å². The Kier molecular flexibility index (Phi) is 10.8. The van der Waals surface area contributed by atoms with E-state index in [-0.39, 0.29) is 12.8 Å². The number of carbonyl (C=O) groups excluding carboxylic acids is 3. The molecule has 12 heteroatoms. The van der Waals surface area contributed by atoms with Gasteiger partial charge in [0.2, 0.25) is 17.7 Å². The van der Waals surface area contributed by atoms with E-state index in [1.165, 1.54) is 6.92 Å². The number of aliphatic hydroxyl groups is 1. The van der Waals surface area contributed by atoms with Crippen LogP contribution in [0.1, 0.15) is 25.3 Å². The zero-order valence-corrected chi connectivity index (χ0v) is 17.5. The predicted octanol–water partition coefficient (Wildman–Crippen LogP) is -2.03. The summed E-state index contributed by atoms with van der Waals surface area (Å²) in [6.45, 7) is 0.726. The van der Waals surface area contributed by atoms with Crippen molar-refractivity contribution in [1.29, 1.82) is 0 Å². The molecule has 0 saturated carbocycles. The van der Waals surface area contributed by atoms with Crippen LogP contribution in [0.2, 0.25) is 0 Å². The number of carboxylic acid groups (broad SMARTS) is 2. The predicted molar refractivity (Wildman–Crippen MR) is 111 cm³/mol. The fourth-order valence-corrected chi connectivity index (χ4v) is 2.61. The third-order valence-corrected chi connectivity index (χ3v) is 4.44. The first-order valence-corrected chi connectivity index (χ1v) is 9.80. The van der Waals surface area contributed by atoms with Gasteiger partial charge in [-0.3, -0.25) is 19.2 Å². The minimum Gasteiger partial charge on any atom is -0.481 e. The third-order valence-electron chi connectivity index (χ3n) is 4.44. The van der Waals surface area contributed by atoms with Crippen LogP contribution in [-0.4, -0.2) is 75.8 Å². The van der Waals surface area contributed by atoms with Crippen molar-refractivity contribution < 1.29 is 39.3 Å². The van der Waals surface area contributed by atoms with E-state index < -0.39 is 66.9 Å². The number of aliphatic carboxylic acids is 2. The lowest BCUT2D eigenvalue weighted by atomic mass is 10.0. The van der Waals surface area contributed by atoms with Gasteiger partial charge in [-0.1, -0.05) is 30.3 Å². The van der Waals surface area contributed by atoms with Crippen LogP contribution in [0.15, 0.2) is 30.3 Å². The van der Waals surface area contributed by atoms with Gasteiger partial charge in [0.15, 0.2) is 0 Å². The van der Waals surface area contributed by atoms with Crippen LogP contribution in [0.25, 0.3) is 0 Å². The topological polar surface area (TPSA) is 208 Å². The van der Waals surface area contributed by atoms with E-state index in [1.807, 2.05) is 0 Å². The Labute approximate surface area is 184 Å². The molecule has 0 aromatic heterocycles. The summed E-state index contributed by atoms with van der Waals surface area (Å²) < 4.78 is 0. The lowest BCUT2D eigenvalue weighted by Crippen LogP contribution is -2.56. The summed E-state index contributed by atoms with van der Waals surface area (Å²) in [5.74, 6) is -4.96. The van der Waals surface area contributed by atoms with Gasteiger partial charge >= 0.3 is 11.9 Å². The second-order valence-corrected chi connectivity index (χ2v) is 7.13. The van der Waals surface area contributed by atoms with Crippen molar-refractivity contribution in [3.63, 3.8) is 0 Å². The van der Waals surface area contributed by atoms with Gasteiger partial charge in [0.05, 0.1) is 12.6 Å². The quantitative estimate of drug-likeness (QED) is 0.176. The van der Waals surface area contributed by atoms with Crippen molar-refractivity contribution in [2.24, 2.45) is 5.73 Å². The summed E-state index contributed by atoms with van der Waals surface area (Å²) in [5, 5.41) is 34.1. The molecule has 0 aliphatic rings. The maximum absolute atomic E-state index is 12.6. The summed E-state index contributed by atoms with van der Waals surface area (Å²) in [4.78, 5) is 58.6. The van der Waals surface area contributed by atoms with E-state index >= 15 is 0 Å². The minimum atomic E-state index is -1.43. The second-order valence-electron chi connectivity index (χ2n) is 7.13. The molecule has 32 heavy (non-hydrogen) atoms. The van der Waals surface area contributed by atoms with Crippen LogP contribution in [-0.2, 0) is 30.4 Å². The molecule has 0 aliphatic carbocycles. The van der Waals surface area contributed by atoms with Gasteiger partial charge in [-0.15, -0.1) is 0 Å². The van der Waals surface area contributed by atoms with Crippen molar-refractivity contribution >= 4 is 29.7 Å². The number of aliphatic hydroxyl groups excluding tert-OH is 1. The van der Waals surface area contributed by atoms with Crippen LogP contribution in [0.3, 0.4) is 0 Å². The molecule has 12 nitrogen and oxygen atoms in total. The molecule has 0 radical (unpaired) electrons. The summed E-state index contributed by atoms with van der Waals surface area (Å²) in [6.07, 6.45) is -1.87. The first-order valence-electron chi connectivity index (χ1n) is 9.80. The van der Waals surface area contributed by atoms with E-state index in [4.69, 9.17) is 15.9 Å². The van der Waals surface area contributed by atoms with Gasteiger partial charge in [0, 0.05) is 12.8 Å². The molecule has 176 valence electrons. The molecule has 0 bridgehead atoms. The highest BCUT2D eigenvalue weighted by atomic mass is 16.4. The van der Waals surface area contributed by atoms with Crippen LogP contribution in [0.5, 0.6) is 0 Å². The fraction of sp³-hybridized carbons (Fsp3) is 0.450. The maximum atomic E-state index is 12.6. The smallest absolute Gasteiger partial charge is 0.326 e. The molecule has 3 amide bonds. The zero-order valence-electron chi connectivity index (χ0n) is 17.5. The molecule has 0 aliphatic heterocycles. The van der Waals surface area contributed by atoms with Gasteiger partial charge < -0.3 is 37.0 Å². The minimum absolute atomic E-state index is 0.0723. The van der Waals surface area contributed by atoms with Crippen LogP contribution >= 0.6 is 0 Å². The van der Waals surface area contributed by atoms with Gasteiger partial charge in [-0.05, 0) is 18.9 Å². The summed E-state index contributed by atoms with van der Waals surface area (Å²) in [6, 6.07) is 4.89. The van der Waals surface area contributed by atoms with E-state index in [0.717, 1.165) is 0 Å². The van der Waals surface area contributed by atoms with E-state index in [0.29, 0.717) is 5.56 Å². The number of amides is 3. The Hall–Kier alpha value is -3.51. The normalized spacial score (nSPS) is 14.3. The molecule has 1 rings (SSSR count). The highest BCUT2D eigenvalue weighted by Gasteiger charge is 2.27. The summed E-state index contributed by atoms with van der Waals surface area (Å²) in [5.41, 5.74) is 6.31. The molecule has 0 spiro atoms. The Balaban J connectivity index is 2.77. The van der Waals surface area contributed by atoms with E-state index in [2.05, 4.69) is 16.0 Å². The number of carboxylic acids is 2. The number of hydrogen-bond acceptors (Lipinski definition) is 7. The molecular weight excluding hydrogens is 424 g/mol. The lowest BCUT2D eigenvalue weighted by Gasteiger charge is -2.22. The molecule has 8 N–H and O–H groups in total. The molecular formula is C20H28N4O8. The van der Waals surface area contributed by atoms with Gasteiger partial charge in [0.25, 0.3) is 0 Å². The largest absolute Gasteiger partial charge is 0.481 e. The Bertz CT molecular complexity index is 815. The lowest BCUT2D eigenvalue weighted by molar-refractivity contribution is -0.143. The zero-order chi connectivity index (χ0) is 24.3. The van der Waals surface area contributed by atoms with Crippen molar-refractivity contribution in [3.8, 4) is 0 Å². The second kappa shape index (κ2) is 13.0.